The zero-order chi connectivity index (χ0) is 59.1. The van der Waals surface area contributed by atoms with Gasteiger partial charge in [-0.3, -0.25) is 4.79 Å². The number of carbonyl (C=O) groups excluding carboxylic acids is 3. The Bertz CT molecular complexity index is 3690. The van der Waals surface area contributed by atoms with Crippen molar-refractivity contribution >= 4 is 144 Å². The Morgan fingerprint density at radius 1 is 0.524 bits per heavy atom. The van der Waals surface area contributed by atoms with E-state index in [9.17, 15) is 14.4 Å². The number of esters is 2. The van der Waals surface area contributed by atoms with Crippen molar-refractivity contribution in [3.63, 3.8) is 0 Å². The number of halogens is 5. The fourth-order valence-corrected chi connectivity index (χ4v) is 14.3. The van der Waals surface area contributed by atoms with Crippen LogP contribution in [0.1, 0.15) is 95.2 Å². The topological polar surface area (TPSA) is 201 Å². The quantitative estimate of drug-likeness (QED) is 0.0844. The molecular weight excluding hydrogens is 1280 g/mol. The fraction of sp³-hybridized carbons (Fsp3) is 0.361. The van der Waals surface area contributed by atoms with Gasteiger partial charge in [0.1, 0.15) is 0 Å². The smallest absolute Gasteiger partial charge is 0.360 e. The van der Waals surface area contributed by atoms with Gasteiger partial charge in [-0.15, -0.1) is 54.4 Å². The fourth-order valence-electron chi connectivity index (χ4n) is 9.71. The Balaban J connectivity index is 0.000000142. The Morgan fingerprint density at radius 2 is 0.881 bits per heavy atom. The Hall–Kier alpha value is -5.29. The molecule has 0 saturated carbocycles. The summed E-state index contributed by atoms with van der Waals surface area (Å²) in [5.41, 5.74) is 11.1. The van der Waals surface area contributed by atoms with Crippen LogP contribution >= 0.6 is 96.3 Å². The number of thiophene rings is 3. The summed E-state index contributed by atoms with van der Waals surface area (Å²) in [4.78, 5) is 39.2. The number of nitrogens with two attached hydrogens (primary N) is 1. The van der Waals surface area contributed by atoms with E-state index in [4.69, 9.17) is 75.8 Å². The van der Waals surface area contributed by atoms with Crippen LogP contribution in [0.5, 0.6) is 0 Å². The second kappa shape index (κ2) is 30.9. The van der Waals surface area contributed by atoms with Crippen molar-refractivity contribution in [2.45, 2.75) is 65.2 Å². The molecule has 0 bridgehead atoms. The number of ether oxygens (including phenoxy) is 5. The van der Waals surface area contributed by atoms with E-state index in [2.05, 4.69) is 58.7 Å². The van der Waals surface area contributed by atoms with Crippen molar-refractivity contribution in [1.82, 2.24) is 30.6 Å². The van der Waals surface area contributed by atoms with Crippen LogP contribution in [0, 0.1) is 17.8 Å². The number of carbonyl (C=O) groups is 3. The summed E-state index contributed by atoms with van der Waals surface area (Å²) < 4.78 is 28.9. The minimum absolute atomic E-state index is 0.187. The lowest BCUT2D eigenvalue weighted by Crippen LogP contribution is -2.20. The highest BCUT2D eigenvalue weighted by atomic mass is 79.9. The first-order valence-corrected chi connectivity index (χ1v) is 32.6. The number of nitrogens with zero attached hydrogens (tertiary/aromatic N) is 6. The van der Waals surface area contributed by atoms with Gasteiger partial charge in [0.25, 0.3) is 5.91 Å². The number of rotatable bonds is 13. The maximum absolute atomic E-state index is 12.4. The Kier molecular flexibility index (Phi) is 23.2. The van der Waals surface area contributed by atoms with E-state index in [-0.39, 0.29) is 28.8 Å². The van der Waals surface area contributed by atoms with Gasteiger partial charge in [-0.25, -0.2) is 9.59 Å². The van der Waals surface area contributed by atoms with Gasteiger partial charge < -0.3 is 29.4 Å². The number of hydrogen-bond donors (Lipinski definition) is 1. The molecule has 0 radical (unpaired) electrons. The number of aromatic nitrogens is 6. The maximum atomic E-state index is 12.4. The SMILES string of the molecule is BrCC1CCCOC1.CCOC(=O)c1nnc(CC2CCCOC2)c2cc(-c3ccc(Cl)cc3)sc12.CCOC(=O)c1nnc(Cl)c2cc(-c3ccc(Cl)cc3)sc12.NC(=O)c1nnc(CC2CCCOC2)c2cc(-c3ccc(Cl)cc3)sc12. The van der Waals surface area contributed by atoms with Crippen LogP contribution in [0.3, 0.4) is 0 Å². The van der Waals surface area contributed by atoms with E-state index in [0.29, 0.717) is 43.6 Å². The number of hydrogen-bond acceptors (Lipinski definition) is 17. The molecule has 84 heavy (non-hydrogen) atoms. The van der Waals surface area contributed by atoms with Crippen LogP contribution < -0.4 is 5.73 Å². The first-order chi connectivity index (χ1) is 40.8. The minimum atomic E-state index is -0.556. The van der Waals surface area contributed by atoms with Gasteiger partial charge in [-0.05, 0) is 154 Å². The Labute approximate surface area is 527 Å². The van der Waals surface area contributed by atoms with Crippen LogP contribution in [0.15, 0.2) is 91.0 Å². The zero-order valence-corrected chi connectivity index (χ0v) is 53.1. The van der Waals surface area contributed by atoms with Crippen LogP contribution in [-0.2, 0) is 36.5 Å². The molecule has 3 aromatic carbocycles. The lowest BCUT2D eigenvalue weighted by Gasteiger charge is -2.21. The summed E-state index contributed by atoms with van der Waals surface area (Å²) in [7, 11) is 0. The molecule has 23 heteroatoms. The van der Waals surface area contributed by atoms with Gasteiger partial charge >= 0.3 is 11.9 Å². The molecule has 0 spiro atoms. The molecular formula is C61H60BrCl4N7O8S3. The minimum Gasteiger partial charge on any atom is -0.461 e. The molecule has 3 saturated heterocycles. The van der Waals surface area contributed by atoms with Gasteiger partial charge in [-0.1, -0.05) is 98.7 Å². The molecule has 6 aromatic heterocycles. The number of amides is 1. The van der Waals surface area contributed by atoms with Crippen LogP contribution in [0.2, 0.25) is 20.2 Å². The third-order valence-corrected chi connectivity index (χ3v) is 19.5. The lowest BCUT2D eigenvalue weighted by molar-refractivity contribution is 0.0511. The predicted molar refractivity (Wildman–Crippen MR) is 341 cm³/mol. The molecule has 9 heterocycles. The largest absolute Gasteiger partial charge is 0.461 e. The number of fused-ring (bicyclic) bond motifs is 3. The highest BCUT2D eigenvalue weighted by molar-refractivity contribution is 9.09. The van der Waals surface area contributed by atoms with Crippen LogP contribution in [0.25, 0.3) is 61.6 Å². The molecule has 3 aliphatic rings. The van der Waals surface area contributed by atoms with E-state index in [1.54, 1.807) is 13.8 Å². The summed E-state index contributed by atoms with van der Waals surface area (Å²) in [5.74, 6) is 0.152. The molecule has 3 fully saturated rings. The summed E-state index contributed by atoms with van der Waals surface area (Å²) >= 11 is 31.9. The second-order valence-electron chi connectivity index (χ2n) is 20.0. The third-order valence-electron chi connectivity index (χ3n) is 14.0. The first-order valence-electron chi connectivity index (χ1n) is 27.5. The standard InChI is InChI=1S/C21H21ClN2O3S.C19H18ClN3O2S.C15H10Cl2N2O2S.C6H11BrO/c1-2-27-21(25)19-20-16(11-18(28-20)14-5-7-15(22)8-6-14)17(23-24-19)10-13-4-3-9-26-12-13;20-13-5-3-12(4-6-13)16-9-14-15(8-11-2-1-7-25-10-11)22-23-17(19(21)24)18(14)26-16;1-2-21-15(20)12-13-10(14(17)19-18-12)7-11(22-13)8-3-5-9(16)6-4-8;7-4-6-2-1-3-8-5-6/h5-8,11,13H,2-4,9-10,12H2,1H3;3-6,9,11H,1-2,7-8,10H2,(H2,21,24);3-7H,2H2,1H3;6H,1-5H2. The second-order valence-corrected chi connectivity index (χ2v) is 25.5. The van der Waals surface area contributed by atoms with Crippen molar-refractivity contribution in [2.75, 3.05) is 58.2 Å². The molecule has 440 valence electrons. The van der Waals surface area contributed by atoms with Crippen molar-refractivity contribution in [1.29, 1.82) is 0 Å². The molecule has 3 aliphatic heterocycles. The van der Waals surface area contributed by atoms with Gasteiger partial charge in [0.05, 0.1) is 45.3 Å². The highest BCUT2D eigenvalue weighted by Gasteiger charge is 2.25. The molecule has 3 atom stereocenters. The number of alkyl halides is 1. The lowest BCUT2D eigenvalue weighted by atomic mass is 9.95. The maximum Gasteiger partial charge on any atom is 0.360 e. The molecule has 1 amide bonds. The number of primary amides is 1. The number of benzene rings is 3. The summed E-state index contributed by atoms with van der Waals surface area (Å²) in [6, 6.07) is 28.8. The average molecular weight is 1340 g/mol. The third kappa shape index (κ3) is 16.4. The van der Waals surface area contributed by atoms with Crippen molar-refractivity contribution in [3.05, 3.63) is 140 Å². The van der Waals surface area contributed by atoms with Crippen molar-refractivity contribution in [3.8, 4) is 31.3 Å². The van der Waals surface area contributed by atoms with Gasteiger partial charge in [-0.2, -0.15) is 10.2 Å². The zero-order valence-electron chi connectivity index (χ0n) is 46.1. The van der Waals surface area contributed by atoms with Crippen molar-refractivity contribution < 1.29 is 38.1 Å². The Morgan fingerprint density at radius 3 is 1.24 bits per heavy atom. The molecule has 0 aliphatic carbocycles. The monoisotopic (exact) mass is 1330 g/mol. The van der Waals surface area contributed by atoms with Crippen LogP contribution in [0.4, 0.5) is 0 Å². The van der Waals surface area contributed by atoms with E-state index in [0.717, 1.165) is 152 Å². The van der Waals surface area contributed by atoms with E-state index in [1.807, 2.05) is 78.9 Å². The highest BCUT2D eigenvalue weighted by Crippen LogP contribution is 2.41. The average Bonchev–Trinajstić information content (AvgIpc) is 4.38. The predicted octanol–water partition coefficient (Wildman–Crippen LogP) is 15.9. The summed E-state index contributed by atoms with van der Waals surface area (Å²) in [6.07, 6.45) is 8.55. The van der Waals surface area contributed by atoms with Gasteiger partial charge in [0.15, 0.2) is 22.2 Å². The summed E-state index contributed by atoms with van der Waals surface area (Å²) in [5, 5.41) is 30.8. The molecule has 3 unspecified atom stereocenters. The van der Waals surface area contributed by atoms with E-state index in [1.165, 1.54) is 46.9 Å². The van der Waals surface area contributed by atoms with Crippen LogP contribution in [-0.4, -0.2) is 107 Å². The molecule has 12 rings (SSSR count). The van der Waals surface area contributed by atoms with Gasteiger partial charge in [0.2, 0.25) is 0 Å². The van der Waals surface area contributed by atoms with Gasteiger partial charge in [0, 0.05) is 84.2 Å². The normalized spacial score (nSPS) is 16.8. The summed E-state index contributed by atoms with van der Waals surface area (Å²) in [6.45, 7) is 9.20. The van der Waals surface area contributed by atoms with Crippen molar-refractivity contribution in [2.24, 2.45) is 23.5 Å². The molecule has 9 aromatic rings. The first kappa shape index (κ1) is 63.2. The van der Waals surface area contributed by atoms with E-state index >= 15 is 0 Å². The molecule has 2 N–H and O–H groups in total. The van der Waals surface area contributed by atoms with E-state index < -0.39 is 17.8 Å². The molecule has 15 nitrogen and oxygen atoms in total.